The summed E-state index contributed by atoms with van der Waals surface area (Å²) in [5, 5.41) is 15.1. The first-order chi connectivity index (χ1) is 14.7. The second-order valence-electron chi connectivity index (χ2n) is 11.9. The zero-order valence-corrected chi connectivity index (χ0v) is 20.7. The third-order valence-electron chi connectivity index (χ3n) is 7.29. The van der Waals surface area contributed by atoms with Gasteiger partial charge in [-0.1, -0.05) is 20.8 Å². The SMILES string of the molecule is CNC(=O)[C@@H]1[C@H]2C(=O)N(CCCCO)C(C(=O)NC(C)(C)CC(C)(C)C)C23CC[C@@]1(C)O3. The molecule has 3 saturated heterocycles. The van der Waals surface area contributed by atoms with Gasteiger partial charge in [-0.25, -0.2) is 0 Å². The molecule has 3 amide bonds. The van der Waals surface area contributed by atoms with Crippen molar-refractivity contribution in [1.82, 2.24) is 15.5 Å². The molecule has 0 aromatic heterocycles. The van der Waals surface area contributed by atoms with Gasteiger partial charge < -0.3 is 25.4 Å². The van der Waals surface area contributed by atoms with E-state index in [1.54, 1.807) is 11.9 Å². The summed E-state index contributed by atoms with van der Waals surface area (Å²) in [5.74, 6) is -1.90. The molecule has 3 fully saturated rings. The molecule has 182 valence electrons. The van der Waals surface area contributed by atoms with Crippen molar-refractivity contribution >= 4 is 17.7 Å². The number of carbonyl (C=O) groups excluding carboxylic acids is 3. The second kappa shape index (κ2) is 8.28. The van der Waals surface area contributed by atoms with Crippen molar-refractivity contribution in [1.29, 1.82) is 0 Å². The minimum Gasteiger partial charge on any atom is -0.396 e. The lowest BCUT2D eigenvalue weighted by atomic mass is 9.66. The van der Waals surface area contributed by atoms with Crippen LogP contribution in [0, 0.1) is 17.3 Å². The Balaban J connectivity index is 1.97. The van der Waals surface area contributed by atoms with E-state index >= 15 is 0 Å². The molecule has 2 unspecified atom stereocenters. The largest absolute Gasteiger partial charge is 0.396 e. The summed E-state index contributed by atoms with van der Waals surface area (Å²) in [4.78, 5) is 41.9. The smallest absolute Gasteiger partial charge is 0.246 e. The van der Waals surface area contributed by atoms with Gasteiger partial charge in [0.05, 0.1) is 17.4 Å². The first-order valence-electron chi connectivity index (χ1n) is 11.9. The highest BCUT2D eigenvalue weighted by atomic mass is 16.5. The first kappa shape index (κ1) is 25.0. The van der Waals surface area contributed by atoms with E-state index < -0.39 is 34.6 Å². The lowest BCUT2D eigenvalue weighted by molar-refractivity contribution is -0.147. The molecule has 3 aliphatic heterocycles. The lowest BCUT2D eigenvalue weighted by Crippen LogP contribution is -2.59. The predicted molar refractivity (Wildman–Crippen MR) is 121 cm³/mol. The number of nitrogens with zero attached hydrogens (tertiary/aromatic N) is 1. The third kappa shape index (κ3) is 4.16. The van der Waals surface area contributed by atoms with Crippen LogP contribution in [0.1, 0.15) is 73.6 Å². The molecule has 0 saturated carbocycles. The number of carbonyl (C=O) groups is 3. The maximum absolute atomic E-state index is 13.8. The molecule has 8 heteroatoms. The number of unbranched alkanes of at least 4 members (excludes halogenated alkanes) is 1. The quantitative estimate of drug-likeness (QED) is 0.486. The topological polar surface area (TPSA) is 108 Å². The number of ether oxygens (including phenoxy) is 1. The van der Waals surface area contributed by atoms with Crippen LogP contribution >= 0.6 is 0 Å². The van der Waals surface area contributed by atoms with E-state index in [-0.39, 0.29) is 29.7 Å². The van der Waals surface area contributed by atoms with Crippen LogP contribution in [0.15, 0.2) is 0 Å². The minimum absolute atomic E-state index is 0.0179. The Hall–Kier alpha value is -1.67. The Kier molecular flexibility index (Phi) is 6.46. The van der Waals surface area contributed by atoms with Crippen molar-refractivity contribution in [3.63, 3.8) is 0 Å². The first-order valence-corrected chi connectivity index (χ1v) is 11.9. The van der Waals surface area contributed by atoms with Crippen LogP contribution in [0.4, 0.5) is 0 Å². The van der Waals surface area contributed by atoms with E-state index in [1.165, 1.54) is 0 Å². The fraction of sp³-hybridized carbons (Fsp3) is 0.875. The van der Waals surface area contributed by atoms with Crippen LogP contribution < -0.4 is 10.6 Å². The van der Waals surface area contributed by atoms with Crippen LogP contribution in [0.5, 0.6) is 0 Å². The summed E-state index contributed by atoms with van der Waals surface area (Å²) in [6, 6.07) is -0.783. The molecule has 8 nitrogen and oxygen atoms in total. The molecule has 32 heavy (non-hydrogen) atoms. The van der Waals surface area contributed by atoms with Gasteiger partial charge in [-0.3, -0.25) is 14.4 Å². The van der Waals surface area contributed by atoms with E-state index in [0.29, 0.717) is 32.2 Å². The summed E-state index contributed by atoms with van der Waals surface area (Å²) in [6.45, 7) is 12.7. The molecule has 0 radical (unpaired) electrons. The number of aliphatic hydroxyl groups is 1. The molecule has 0 aliphatic carbocycles. The molecule has 2 bridgehead atoms. The molecule has 5 atom stereocenters. The highest BCUT2D eigenvalue weighted by Gasteiger charge is 2.77. The van der Waals surface area contributed by atoms with Crippen molar-refractivity contribution in [2.45, 2.75) is 96.4 Å². The van der Waals surface area contributed by atoms with E-state index in [1.807, 2.05) is 20.8 Å². The number of fused-ring (bicyclic) bond motifs is 1. The van der Waals surface area contributed by atoms with Crippen LogP contribution in [-0.2, 0) is 19.1 Å². The number of likely N-dealkylation sites (tertiary alicyclic amines) is 1. The zero-order chi connectivity index (χ0) is 24.1. The van der Waals surface area contributed by atoms with E-state index in [2.05, 4.69) is 31.4 Å². The van der Waals surface area contributed by atoms with Crippen LogP contribution in [0.2, 0.25) is 0 Å². The number of hydrogen-bond donors (Lipinski definition) is 3. The van der Waals surface area contributed by atoms with Gasteiger partial charge in [-0.05, 0) is 58.3 Å². The average Bonchev–Trinajstić information content (AvgIpc) is 3.20. The van der Waals surface area contributed by atoms with E-state index in [0.717, 1.165) is 6.42 Å². The second-order valence-corrected chi connectivity index (χ2v) is 11.9. The van der Waals surface area contributed by atoms with Crippen molar-refractivity contribution < 1.29 is 24.2 Å². The number of rotatable bonds is 8. The summed E-state index contributed by atoms with van der Waals surface area (Å²) in [6.07, 6.45) is 3.11. The van der Waals surface area contributed by atoms with Crippen LogP contribution in [0.25, 0.3) is 0 Å². The fourth-order valence-electron chi connectivity index (χ4n) is 6.69. The maximum atomic E-state index is 13.8. The standard InChI is InChI=1S/C24H41N3O5/c1-21(2,3)14-22(4,5)26-19(30)17-24-11-10-23(6,32-24)15(18(29)25-7)16(24)20(31)27(17)12-8-9-13-28/h15-17,28H,8-14H2,1-7H3,(H,25,29)(H,26,30)/t15-,16-,17?,23+,24?/m0/s1. The molecule has 3 rings (SSSR count). The maximum Gasteiger partial charge on any atom is 0.246 e. The summed E-state index contributed by atoms with van der Waals surface area (Å²) >= 11 is 0. The fourth-order valence-corrected chi connectivity index (χ4v) is 6.69. The average molecular weight is 452 g/mol. The summed E-state index contributed by atoms with van der Waals surface area (Å²) in [5.41, 5.74) is -2.20. The number of aliphatic hydroxyl groups excluding tert-OH is 1. The number of nitrogens with one attached hydrogen (secondary N) is 2. The number of amides is 3. The summed E-state index contributed by atoms with van der Waals surface area (Å²) in [7, 11) is 1.57. The highest BCUT2D eigenvalue weighted by molar-refractivity contribution is 5.99. The van der Waals surface area contributed by atoms with Gasteiger partial charge >= 0.3 is 0 Å². The van der Waals surface area contributed by atoms with Gasteiger partial charge in [0, 0.05) is 25.7 Å². The zero-order valence-electron chi connectivity index (χ0n) is 20.7. The van der Waals surface area contributed by atoms with Gasteiger partial charge in [-0.2, -0.15) is 0 Å². The van der Waals surface area contributed by atoms with Crippen LogP contribution in [0.3, 0.4) is 0 Å². The van der Waals surface area contributed by atoms with Gasteiger partial charge in [-0.15, -0.1) is 0 Å². The van der Waals surface area contributed by atoms with Gasteiger partial charge in [0.25, 0.3) is 0 Å². The Morgan fingerprint density at radius 3 is 2.38 bits per heavy atom. The Labute approximate surface area is 191 Å². The monoisotopic (exact) mass is 451 g/mol. The Bertz CT molecular complexity index is 776. The molecule has 3 N–H and O–H groups in total. The van der Waals surface area contributed by atoms with E-state index in [9.17, 15) is 19.5 Å². The van der Waals surface area contributed by atoms with Crippen LogP contribution in [-0.4, -0.2) is 70.7 Å². The normalized spacial score (nSPS) is 34.1. The Morgan fingerprint density at radius 1 is 1.16 bits per heavy atom. The molecule has 0 aromatic rings. The van der Waals surface area contributed by atoms with E-state index in [4.69, 9.17) is 4.74 Å². The molecule has 0 aromatic carbocycles. The van der Waals surface area contributed by atoms with Gasteiger partial charge in [0.2, 0.25) is 17.7 Å². The predicted octanol–water partition coefficient (Wildman–Crippen LogP) is 1.60. The Morgan fingerprint density at radius 2 is 1.81 bits per heavy atom. The molecule has 3 heterocycles. The highest BCUT2D eigenvalue weighted by Crippen LogP contribution is 2.63. The molecular formula is C24H41N3O5. The van der Waals surface area contributed by atoms with Crippen molar-refractivity contribution in [2.24, 2.45) is 17.3 Å². The van der Waals surface area contributed by atoms with Crippen molar-refractivity contribution in [3.8, 4) is 0 Å². The lowest BCUT2D eigenvalue weighted by Gasteiger charge is -2.38. The molecule has 3 aliphatic rings. The van der Waals surface area contributed by atoms with Crippen molar-refractivity contribution in [2.75, 3.05) is 20.2 Å². The van der Waals surface area contributed by atoms with Crippen molar-refractivity contribution in [3.05, 3.63) is 0 Å². The van der Waals surface area contributed by atoms with Gasteiger partial charge in [0.1, 0.15) is 11.6 Å². The summed E-state index contributed by atoms with van der Waals surface area (Å²) < 4.78 is 6.53. The third-order valence-corrected chi connectivity index (χ3v) is 7.29. The number of hydrogen-bond acceptors (Lipinski definition) is 5. The van der Waals surface area contributed by atoms with Gasteiger partial charge in [0.15, 0.2) is 0 Å². The molecule has 1 spiro atoms. The molecular weight excluding hydrogens is 410 g/mol. The minimum atomic E-state index is -0.996.